The molecule has 0 atom stereocenters. The van der Waals surface area contributed by atoms with Gasteiger partial charge in [0.05, 0.1) is 0 Å². The molecule has 5 N–H and O–H groups in total. The van der Waals surface area contributed by atoms with Crippen molar-refractivity contribution in [3.05, 3.63) is 87.2 Å². The first-order valence-electron chi connectivity index (χ1n) is 9.76. The maximum absolute atomic E-state index is 12.5. The van der Waals surface area contributed by atoms with E-state index >= 15 is 0 Å². The summed E-state index contributed by atoms with van der Waals surface area (Å²) >= 11 is 1.75. The van der Waals surface area contributed by atoms with Gasteiger partial charge in [0, 0.05) is 35.4 Å². The lowest BCUT2D eigenvalue weighted by atomic mass is 10.0. The van der Waals surface area contributed by atoms with E-state index in [4.69, 9.17) is 11.5 Å². The third-order valence-electron chi connectivity index (χ3n) is 4.58. The van der Waals surface area contributed by atoms with Gasteiger partial charge in [0.2, 0.25) is 0 Å². The van der Waals surface area contributed by atoms with Crippen LogP contribution in [-0.4, -0.2) is 26.7 Å². The van der Waals surface area contributed by atoms with Crippen molar-refractivity contribution >= 4 is 23.5 Å². The number of nitrogens with zero attached hydrogens (tertiary/aromatic N) is 3. The van der Waals surface area contributed by atoms with E-state index in [2.05, 4.69) is 32.1 Å². The molecule has 156 valence electrons. The van der Waals surface area contributed by atoms with Crippen molar-refractivity contribution in [3.8, 4) is 0 Å². The summed E-state index contributed by atoms with van der Waals surface area (Å²) in [6.07, 6.45) is 3.91. The third kappa shape index (κ3) is 6.45. The Morgan fingerprint density at radius 1 is 1.10 bits per heavy atom. The fourth-order valence-electron chi connectivity index (χ4n) is 3.10. The van der Waals surface area contributed by atoms with Crippen LogP contribution in [0.5, 0.6) is 0 Å². The normalized spacial score (nSPS) is 10.7. The number of pyridine rings is 1. The number of aliphatic imine (C=N–C) groups is 1. The molecule has 0 amide bonds. The van der Waals surface area contributed by atoms with Gasteiger partial charge in [-0.3, -0.25) is 4.79 Å². The molecule has 3 rings (SSSR count). The summed E-state index contributed by atoms with van der Waals surface area (Å²) in [5.74, 6) is 2.86. The minimum absolute atomic E-state index is 0.00934. The van der Waals surface area contributed by atoms with Gasteiger partial charge in [-0.2, -0.15) is 16.8 Å². The summed E-state index contributed by atoms with van der Waals surface area (Å²) in [6, 6.07) is 14.0. The zero-order valence-electron chi connectivity index (χ0n) is 17.0. The van der Waals surface area contributed by atoms with Crippen LogP contribution in [0.4, 0.5) is 5.82 Å². The highest BCUT2D eigenvalue weighted by Gasteiger charge is 2.09. The Morgan fingerprint density at radius 2 is 1.90 bits per heavy atom. The number of nitrogens with one attached hydrogen (secondary N) is 1. The third-order valence-corrected chi connectivity index (χ3v) is 5.61. The molecule has 0 saturated heterocycles. The number of guanidine groups is 1. The Bertz CT molecular complexity index is 1060. The van der Waals surface area contributed by atoms with E-state index in [0.29, 0.717) is 18.7 Å². The lowest BCUT2D eigenvalue weighted by Gasteiger charge is -2.08. The first-order chi connectivity index (χ1) is 14.5. The highest BCUT2D eigenvalue weighted by Crippen LogP contribution is 2.17. The lowest BCUT2D eigenvalue weighted by Crippen LogP contribution is -2.22. The molecule has 8 heteroatoms. The van der Waals surface area contributed by atoms with Gasteiger partial charge in [-0.25, -0.2) is 9.97 Å². The summed E-state index contributed by atoms with van der Waals surface area (Å²) < 4.78 is 0. The van der Waals surface area contributed by atoms with Crippen molar-refractivity contribution in [3.63, 3.8) is 0 Å². The van der Waals surface area contributed by atoms with E-state index in [0.717, 1.165) is 40.6 Å². The summed E-state index contributed by atoms with van der Waals surface area (Å²) in [7, 11) is 0. The van der Waals surface area contributed by atoms with Crippen molar-refractivity contribution < 1.29 is 0 Å². The summed E-state index contributed by atoms with van der Waals surface area (Å²) in [5.41, 5.74) is 14.6. The second-order valence-corrected chi connectivity index (χ2v) is 8.03. The van der Waals surface area contributed by atoms with Gasteiger partial charge in [-0.15, -0.1) is 0 Å². The number of aromatic amines is 1. The van der Waals surface area contributed by atoms with Gasteiger partial charge >= 0.3 is 0 Å². The van der Waals surface area contributed by atoms with E-state index in [1.54, 1.807) is 18.0 Å². The zero-order valence-corrected chi connectivity index (χ0v) is 17.8. The van der Waals surface area contributed by atoms with Gasteiger partial charge in [0.1, 0.15) is 5.82 Å². The zero-order chi connectivity index (χ0) is 21.3. The minimum atomic E-state index is -0.0329. The van der Waals surface area contributed by atoms with Crippen molar-refractivity contribution in [1.82, 2.24) is 15.0 Å². The highest BCUT2D eigenvalue weighted by atomic mass is 32.2. The maximum atomic E-state index is 12.5. The summed E-state index contributed by atoms with van der Waals surface area (Å²) in [6.45, 7) is 1.91. The average molecular weight is 423 g/mol. The molecule has 0 fully saturated rings. The van der Waals surface area contributed by atoms with E-state index in [1.165, 1.54) is 5.56 Å². The number of benzene rings is 1. The van der Waals surface area contributed by atoms with Crippen LogP contribution in [0.2, 0.25) is 0 Å². The van der Waals surface area contributed by atoms with Crippen LogP contribution in [0.15, 0.2) is 58.4 Å². The molecule has 0 aliphatic carbocycles. The quantitative estimate of drug-likeness (QED) is 0.277. The average Bonchev–Trinajstić information content (AvgIpc) is 2.71. The SMILES string of the molecule is Cc1nc(CCSCc2ccnc(N=C(N)N)c2)[nH]c(=O)c1CCc1ccccc1. The van der Waals surface area contributed by atoms with Crippen molar-refractivity contribution in [2.45, 2.75) is 31.9 Å². The van der Waals surface area contributed by atoms with E-state index < -0.39 is 0 Å². The van der Waals surface area contributed by atoms with Crippen molar-refractivity contribution in [2.75, 3.05) is 5.75 Å². The molecule has 1 aromatic carbocycles. The predicted octanol–water partition coefficient (Wildman–Crippen LogP) is 2.64. The number of aromatic nitrogens is 3. The van der Waals surface area contributed by atoms with E-state index in [1.807, 2.05) is 37.3 Å². The first kappa shape index (κ1) is 21.6. The fraction of sp³-hybridized carbons (Fsp3) is 0.273. The fourth-order valence-corrected chi connectivity index (χ4v) is 4.00. The van der Waals surface area contributed by atoms with E-state index in [-0.39, 0.29) is 11.5 Å². The molecule has 0 bridgehead atoms. The number of hydrogen-bond donors (Lipinski definition) is 3. The van der Waals surface area contributed by atoms with Crippen LogP contribution in [-0.2, 0) is 25.0 Å². The van der Waals surface area contributed by atoms with Crippen LogP contribution in [0, 0.1) is 6.92 Å². The topological polar surface area (TPSA) is 123 Å². The van der Waals surface area contributed by atoms with Crippen molar-refractivity contribution in [2.24, 2.45) is 16.5 Å². The van der Waals surface area contributed by atoms with Crippen LogP contribution in [0.25, 0.3) is 0 Å². The molecule has 2 aromatic heterocycles. The molecular formula is C22H26N6OS. The Labute approximate surface area is 180 Å². The number of aryl methyl sites for hydroxylation is 3. The highest BCUT2D eigenvalue weighted by molar-refractivity contribution is 7.98. The van der Waals surface area contributed by atoms with Crippen LogP contribution < -0.4 is 17.0 Å². The van der Waals surface area contributed by atoms with Crippen LogP contribution >= 0.6 is 11.8 Å². The number of hydrogen-bond acceptors (Lipinski definition) is 5. The number of thioether (sulfide) groups is 1. The van der Waals surface area contributed by atoms with Gasteiger partial charge in [0.15, 0.2) is 11.8 Å². The molecule has 2 heterocycles. The monoisotopic (exact) mass is 422 g/mol. The number of rotatable bonds is 9. The Hall–Kier alpha value is -3.13. The van der Waals surface area contributed by atoms with Gasteiger partial charge < -0.3 is 16.5 Å². The summed E-state index contributed by atoms with van der Waals surface area (Å²) in [4.78, 5) is 28.2. The Morgan fingerprint density at radius 3 is 2.63 bits per heavy atom. The van der Waals surface area contributed by atoms with Gasteiger partial charge in [-0.1, -0.05) is 30.3 Å². The Kier molecular flexibility index (Phi) is 7.62. The maximum Gasteiger partial charge on any atom is 0.254 e. The second kappa shape index (κ2) is 10.6. The first-order valence-corrected chi connectivity index (χ1v) is 10.9. The van der Waals surface area contributed by atoms with Gasteiger partial charge in [-0.05, 0) is 43.0 Å². The molecule has 0 saturated carbocycles. The standard InChI is InChI=1S/C22H26N6OS/c1-15-18(8-7-16-5-3-2-4-6-16)21(29)27-19(26-15)10-12-30-14-17-9-11-25-20(13-17)28-22(23)24/h2-6,9,11,13H,7-8,10,12,14H2,1H3,(H,26,27,29)(H4,23,24,25,28). The molecular weight excluding hydrogens is 396 g/mol. The lowest BCUT2D eigenvalue weighted by molar-refractivity contribution is 0.840. The molecule has 30 heavy (non-hydrogen) atoms. The molecule has 0 unspecified atom stereocenters. The van der Waals surface area contributed by atoms with Gasteiger partial charge in [0.25, 0.3) is 5.56 Å². The predicted molar refractivity (Wildman–Crippen MR) is 123 cm³/mol. The Balaban J connectivity index is 1.52. The van der Waals surface area contributed by atoms with Crippen LogP contribution in [0.1, 0.15) is 28.2 Å². The molecule has 0 aliphatic rings. The van der Waals surface area contributed by atoms with Crippen LogP contribution in [0.3, 0.4) is 0 Å². The molecule has 0 spiro atoms. The number of nitrogens with two attached hydrogens (primary N) is 2. The molecule has 3 aromatic rings. The largest absolute Gasteiger partial charge is 0.370 e. The molecule has 0 aliphatic heterocycles. The number of H-pyrrole nitrogens is 1. The van der Waals surface area contributed by atoms with Crippen molar-refractivity contribution in [1.29, 1.82) is 0 Å². The second-order valence-electron chi connectivity index (χ2n) is 6.92. The van der Waals surface area contributed by atoms with E-state index in [9.17, 15) is 4.79 Å². The smallest absolute Gasteiger partial charge is 0.254 e. The molecule has 7 nitrogen and oxygen atoms in total. The molecule has 0 radical (unpaired) electrons. The summed E-state index contributed by atoms with van der Waals surface area (Å²) in [5, 5.41) is 0. The minimum Gasteiger partial charge on any atom is -0.370 e.